The highest BCUT2D eigenvalue weighted by Crippen LogP contribution is 2.42. The number of ketones is 1. The number of halogens is 8. The number of carbonyl (C=O) groups is 3. The zero-order valence-electron chi connectivity index (χ0n) is 15.7. The Morgan fingerprint density at radius 3 is 1.91 bits per heavy atom. The standard InChI is InChI=1S/C14H14F8O9S/c1-7(23)6-29-10(25)12(13(18,19)20,31-9(24)8(2)15)30-5-3-4-11(16,17)14(21,22)32(26,27)28/h2-6H2,1H3,(H,26,27,28). The van der Waals surface area contributed by atoms with E-state index in [2.05, 4.69) is 20.8 Å². The quantitative estimate of drug-likeness (QED) is 0.105. The minimum atomic E-state index is -6.63. The van der Waals surface area contributed by atoms with E-state index >= 15 is 0 Å². The highest BCUT2D eigenvalue weighted by molar-refractivity contribution is 7.87. The molecule has 0 aliphatic heterocycles. The van der Waals surface area contributed by atoms with E-state index in [0.29, 0.717) is 0 Å². The third-order valence-electron chi connectivity index (χ3n) is 3.20. The van der Waals surface area contributed by atoms with Gasteiger partial charge in [-0.3, -0.25) is 9.35 Å². The Morgan fingerprint density at radius 2 is 1.53 bits per heavy atom. The van der Waals surface area contributed by atoms with Crippen LogP contribution in [0.25, 0.3) is 0 Å². The Balaban J connectivity index is 5.80. The summed E-state index contributed by atoms with van der Waals surface area (Å²) in [6, 6.07) is 0. The second kappa shape index (κ2) is 10.1. The van der Waals surface area contributed by atoms with Crippen LogP contribution in [-0.4, -0.2) is 67.0 Å². The molecule has 186 valence electrons. The van der Waals surface area contributed by atoms with Crippen LogP contribution in [-0.2, 0) is 38.7 Å². The highest BCUT2D eigenvalue weighted by atomic mass is 32.2. The molecule has 1 N–H and O–H groups in total. The fraction of sp³-hybridized carbons (Fsp3) is 0.643. The number of carbonyl (C=O) groups excluding carboxylic acids is 3. The number of Topliss-reactive ketones (excluding diaryl/α,β-unsaturated/α-hetero) is 1. The van der Waals surface area contributed by atoms with Crippen molar-refractivity contribution in [3.63, 3.8) is 0 Å². The summed E-state index contributed by atoms with van der Waals surface area (Å²) in [4.78, 5) is 33.8. The van der Waals surface area contributed by atoms with Gasteiger partial charge in [0.15, 0.2) is 5.78 Å². The molecule has 0 aliphatic rings. The molecule has 0 rings (SSSR count). The lowest BCUT2D eigenvalue weighted by Gasteiger charge is -2.32. The monoisotopic (exact) mass is 510 g/mol. The molecule has 0 aliphatic carbocycles. The largest absolute Gasteiger partial charge is 0.468 e. The second-order valence-electron chi connectivity index (χ2n) is 5.84. The maximum absolute atomic E-state index is 13.5. The van der Waals surface area contributed by atoms with Gasteiger partial charge >= 0.3 is 45.2 Å². The molecule has 0 spiro atoms. The molecule has 0 saturated carbocycles. The molecule has 18 heteroatoms. The summed E-state index contributed by atoms with van der Waals surface area (Å²) in [6.07, 6.45) is -9.86. The summed E-state index contributed by atoms with van der Waals surface area (Å²) in [6.45, 7) is -0.0322. The summed E-state index contributed by atoms with van der Waals surface area (Å²) >= 11 is 0. The maximum Gasteiger partial charge on any atom is 0.468 e. The van der Waals surface area contributed by atoms with Crippen LogP contribution in [0.3, 0.4) is 0 Å². The van der Waals surface area contributed by atoms with Gasteiger partial charge in [0.25, 0.3) is 0 Å². The van der Waals surface area contributed by atoms with Gasteiger partial charge in [0.2, 0.25) is 5.83 Å². The fourth-order valence-corrected chi connectivity index (χ4v) is 2.16. The molecule has 0 aromatic heterocycles. The Hall–Kier alpha value is -2.34. The number of rotatable bonds is 12. The minimum absolute atomic E-state index is 0.746. The van der Waals surface area contributed by atoms with Crippen LogP contribution >= 0.6 is 0 Å². The van der Waals surface area contributed by atoms with Crippen LogP contribution in [0.1, 0.15) is 19.8 Å². The topological polar surface area (TPSA) is 133 Å². The molecule has 0 fully saturated rings. The van der Waals surface area contributed by atoms with Crippen LogP contribution < -0.4 is 0 Å². The van der Waals surface area contributed by atoms with Crippen molar-refractivity contribution in [1.82, 2.24) is 0 Å². The molecule has 1 unspecified atom stereocenters. The first kappa shape index (κ1) is 29.7. The van der Waals surface area contributed by atoms with Crippen molar-refractivity contribution in [3.05, 3.63) is 12.4 Å². The summed E-state index contributed by atoms with van der Waals surface area (Å²) in [5, 5.41) is -6.04. The van der Waals surface area contributed by atoms with Crippen molar-refractivity contribution in [2.24, 2.45) is 0 Å². The fourth-order valence-electron chi connectivity index (χ4n) is 1.68. The molecular formula is C14H14F8O9S. The molecular weight excluding hydrogens is 496 g/mol. The molecule has 32 heavy (non-hydrogen) atoms. The van der Waals surface area contributed by atoms with E-state index in [4.69, 9.17) is 4.55 Å². The van der Waals surface area contributed by atoms with Crippen molar-refractivity contribution < 1.29 is 76.7 Å². The van der Waals surface area contributed by atoms with Crippen LogP contribution in [0, 0.1) is 0 Å². The predicted molar refractivity (Wildman–Crippen MR) is 83.4 cm³/mol. The first-order chi connectivity index (χ1) is 14.1. The van der Waals surface area contributed by atoms with Gasteiger partial charge < -0.3 is 14.2 Å². The van der Waals surface area contributed by atoms with Crippen LogP contribution in [0.2, 0.25) is 0 Å². The van der Waals surface area contributed by atoms with Gasteiger partial charge in [-0.25, -0.2) is 9.59 Å². The van der Waals surface area contributed by atoms with Gasteiger partial charge in [0.1, 0.15) is 6.61 Å². The summed E-state index contributed by atoms with van der Waals surface area (Å²) in [5.74, 6) is -18.8. The summed E-state index contributed by atoms with van der Waals surface area (Å²) < 4.78 is 147. The van der Waals surface area contributed by atoms with Crippen LogP contribution in [0.15, 0.2) is 12.4 Å². The van der Waals surface area contributed by atoms with Gasteiger partial charge in [-0.05, 0) is 13.3 Å². The van der Waals surface area contributed by atoms with E-state index in [9.17, 15) is 57.9 Å². The normalized spacial score (nSPS) is 14.9. The second-order valence-corrected chi connectivity index (χ2v) is 7.30. The average Bonchev–Trinajstić information content (AvgIpc) is 2.59. The van der Waals surface area contributed by atoms with Crippen LogP contribution in [0.5, 0.6) is 0 Å². The Bertz CT molecular complexity index is 853. The number of hydrogen-bond donors (Lipinski definition) is 1. The molecule has 0 aromatic rings. The van der Waals surface area contributed by atoms with Gasteiger partial charge in [0.05, 0.1) is 6.61 Å². The number of alkyl halides is 7. The summed E-state index contributed by atoms with van der Waals surface area (Å²) in [5.41, 5.74) is 0. The van der Waals surface area contributed by atoms with Gasteiger partial charge in [-0.1, -0.05) is 6.58 Å². The minimum Gasteiger partial charge on any atom is -0.453 e. The molecule has 0 heterocycles. The molecule has 1 atom stereocenters. The van der Waals surface area contributed by atoms with E-state index in [1.54, 1.807) is 0 Å². The molecule has 0 amide bonds. The SMILES string of the molecule is C=C(F)C(=O)OC(OCCCC(F)(F)C(F)(F)S(=O)(=O)O)(C(=O)OCC(C)=O)C(F)(F)F. The smallest absolute Gasteiger partial charge is 0.453 e. The Kier molecular flexibility index (Phi) is 9.33. The van der Waals surface area contributed by atoms with E-state index in [1.807, 2.05) is 0 Å². The lowest BCUT2D eigenvalue weighted by atomic mass is 10.2. The average molecular weight is 510 g/mol. The molecule has 0 bridgehead atoms. The first-order valence-electron chi connectivity index (χ1n) is 7.80. The zero-order valence-corrected chi connectivity index (χ0v) is 16.5. The maximum atomic E-state index is 13.5. The lowest BCUT2D eigenvalue weighted by Crippen LogP contribution is -2.58. The lowest BCUT2D eigenvalue weighted by molar-refractivity contribution is -0.355. The van der Waals surface area contributed by atoms with Gasteiger partial charge in [-0.15, -0.1) is 0 Å². The van der Waals surface area contributed by atoms with Crippen molar-refractivity contribution in [1.29, 1.82) is 0 Å². The number of ether oxygens (including phenoxy) is 3. The number of esters is 2. The third kappa shape index (κ3) is 6.83. The van der Waals surface area contributed by atoms with E-state index in [-0.39, 0.29) is 0 Å². The van der Waals surface area contributed by atoms with Crippen LogP contribution in [0.4, 0.5) is 35.1 Å². The van der Waals surface area contributed by atoms with E-state index < -0.39 is 82.9 Å². The molecule has 0 aromatic carbocycles. The van der Waals surface area contributed by atoms with Gasteiger partial charge in [-0.2, -0.15) is 43.5 Å². The highest BCUT2D eigenvalue weighted by Gasteiger charge is 2.68. The van der Waals surface area contributed by atoms with Crippen molar-refractivity contribution >= 4 is 27.8 Å². The number of hydrogen-bond acceptors (Lipinski definition) is 8. The van der Waals surface area contributed by atoms with E-state index in [1.165, 1.54) is 0 Å². The first-order valence-corrected chi connectivity index (χ1v) is 9.24. The molecule has 0 saturated heterocycles. The van der Waals surface area contributed by atoms with Crippen molar-refractivity contribution in [2.75, 3.05) is 13.2 Å². The molecule has 9 nitrogen and oxygen atoms in total. The Labute approximate surface area is 174 Å². The zero-order chi connectivity index (χ0) is 25.8. The Morgan fingerprint density at radius 1 is 1.03 bits per heavy atom. The summed E-state index contributed by atoms with van der Waals surface area (Å²) in [7, 11) is -6.63. The molecule has 0 radical (unpaired) electrons. The van der Waals surface area contributed by atoms with Crippen molar-refractivity contribution in [2.45, 2.75) is 42.9 Å². The predicted octanol–water partition coefficient (Wildman–Crippen LogP) is 2.32. The van der Waals surface area contributed by atoms with Crippen molar-refractivity contribution in [3.8, 4) is 0 Å². The van der Waals surface area contributed by atoms with E-state index in [0.717, 1.165) is 6.92 Å². The third-order valence-corrected chi connectivity index (χ3v) is 4.14. The van der Waals surface area contributed by atoms with Gasteiger partial charge in [0, 0.05) is 6.42 Å².